The molecule has 0 aromatic carbocycles. The van der Waals surface area contributed by atoms with Crippen molar-refractivity contribution in [3.63, 3.8) is 0 Å². The predicted octanol–water partition coefficient (Wildman–Crippen LogP) is 6.22. The number of Topliss-reactive ketones (excluding diaryl/α,β-unsaturated/α-hetero) is 2. The lowest BCUT2D eigenvalue weighted by atomic mass is 10.0. The normalized spacial score (nSPS) is 25.6. The second-order valence-corrected chi connectivity index (χ2v) is 42.0. The highest BCUT2D eigenvalue weighted by atomic mass is 33.1. The maximum atomic E-state index is 13.3. The van der Waals surface area contributed by atoms with Crippen molar-refractivity contribution in [1.29, 1.82) is 0 Å². The molecule has 12 heterocycles. The zero-order valence-corrected chi connectivity index (χ0v) is 70.6. The van der Waals surface area contributed by atoms with Crippen LogP contribution in [0.4, 0.5) is 19.2 Å². The molecule has 618 valence electrons. The van der Waals surface area contributed by atoms with Crippen LogP contribution in [0.3, 0.4) is 0 Å². The Morgan fingerprint density at radius 2 is 0.714 bits per heavy atom. The number of carbonyl (C=O) groups excluding carboxylic acids is 8. The molecular weight excluding hydrogens is 1640 g/mol. The Bertz CT molecular complexity index is 3610. The third-order valence-corrected chi connectivity index (χ3v) is 34.1. The van der Waals surface area contributed by atoms with Gasteiger partial charge in [-0.3, -0.25) is 19.2 Å². The van der Waals surface area contributed by atoms with Gasteiger partial charge in [-0.1, -0.05) is 115 Å². The maximum Gasteiger partial charge on any atom is 0.315 e. The van der Waals surface area contributed by atoms with Crippen LogP contribution in [-0.4, -0.2) is 252 Å². The fourth-order valence-electron chi connectivity index (χ4n) is 15.7. The second kappa shape index (κ2) is 43.9. The van der Waals surface area contributed by atoms with Crippen LogP contribution in [0.25, 0.3) is 0 Å². The average Bonchev–Trinajstić information content (AvgIpc) is 1.66. The SMILES string of the molecule is O=C(CCCCC[C@@H]1SC[C@@H]2NC(=O)N[C@@H]21)CCc1cn(C(CSSCCSSCC(C(CS(=O)O)n2cc(CCC(=O)CCCCC[C@@H]3SC[C@@H]4NC(=O)N[C@@H]43)nn2)n2cc(CNC(=O)CCCCC[C@@H]3SC[C@@H]4NC(=O)N[C@@H]43)nn2)C(CS(=O)O)n2cc(CNC(=O)CCCCC[C@@H]3SC[C@@H]4NC(=O)N[C@@H]43)nn2)nn1. The number of aryl methyl sites for hydroxylation is 2. The number of unbranched alkanes of at least 4 members (excludes halogenated alkanes) is 8. The quantitative estimate of drug-likeness (QED) is 0.0101. The molecule has 4 aromatic rings. The highest BCUT2D eigenvalue weighted by Crippen LogP contribution is 2.40. The molecule has 0 saturated carbocycles. The van der Waals surface area contributed by atoms with Crippen LogP contribution in [0, 0.1) is 0 Å². The number of ketones is 2. The van der Waals surface area contributed by atoms with Gasteiger partial charge in [-0.2, -0.15) is 47.0 Å². The largest absolute Gasteiger partial charge is 0.350 e. The fourth-order valence-corrected chi connectivity index (χ4v) is 28.5. The van der Waals surface area contributed by atoms with Gasteiger partial charge >= 0.3 is 24.1 Å². The molecule has 8 aliphatic rings. The van der Waals surface area contributed by atoms with Crippen molar-refractivity contribution in [3.05, 3.63) is 47.6 Å². The molecule has 8 fully saturated rings. The van der Waals surface area contributed by atoms with Crippen molar-refractivity contribution in [2.24, 2.45) is 0 Å². The summed E-state index contributed by atoms with van der Waals surface area (Å²) in [6, 6.07) is -1.84. The summed E-state index contributed by atoms with van der Waals surface area (Å²) in [5, 5.41) is 67.2. The van der Waals surface area contributed by atoms with Gasteiger partial charge in [-0.05, 0) is 64.2 Å². The lowest BCUT2D eigenvalue weighted by Gasteiger charge is -2.26. The number of urea groups is 4. The second-order valence-electron chi connectivity index (χ2n) is 29.7. The van der Waals surface area contributed by atoms with Gasteiger partial charge in [0.2, 0.25) is 11.8 Å². The molecule has 12 rings (SSSR count). The first-order chi connectivity index (χ1) is 54.4. The minimum atomic E-state index is -2.30. The zero-order valence-electron chi connectivity index (χ0n) is 62.4. The number of nitrogens with zero attached hydrogens (tertiary/aromatic N) is 12. The molecule has 112 heavy (non-hydrogen) atoms. The number of hydrogen-bond donors (Lipinski definition) is 12. The lowest BCUT2D eigenvalue weighted by molar-refractivity contribution is -0.122. The van der Waals surface area contributed by atoms with Gasteiger partial charge in [0.1, 0.15) is 23.0 Å². The highest BCUT2D eigenvalue weighted by molar-refractivity contribution is 8.78. The van der Waals surface area contributed by atoms with E-state index in [4.69, 9.17) is 0 Å². The number of nitrogens with one attached hydrogen (secondary N) is 10. The molecule has 34 nitrogen and oxygen atoms in total. The summed E-state index contributed by atoms with van der Waals surface area (Å²) in [4.78, 5) is 100. The molecule has 0 spiro atoms. The Labute approximate surface area is 689 Å². The Balaban J connectivity index is 0.638. The minimum Gasteiger partial charge on any atom is -0.350 e. The van der Waals surface area contributed by atoms with Crippen LogP contribution >= 0.6 is 90.2 Å². The monoisotopic (exact) mass is 1740 g/mol. The first kappa shape index (κ1) is 86.3. The van der Waals surface area contributed by atoms with Crippen LogP contribution in [0.15, 0.2) is 24.8 Å². The summed E-state index contributed by atoms with van der Waals surface area (Å²) in [6.07, 6.45) is 23.8. The number of carbonyl (C=O) groups is 8. The van der Waals surface area contributed by atoms with Crippen molar-refractivity contribution in [2.45, 2.75) is 261 Å². The van der Waals surface area contributed by atoms with Gasteiger partial charge < -0.3 is 62.3 Å². The van der Waals surface area contributed by atoms with Gasteiger partial charge in [0.05, 0.1) is 121 Å². The van der Waals surface area contributed by atoms with Crippen molar-refractivity contribution < 1.29 is 55.9 Å². The maximum absolute atomic E-state index is 13.3. The van der Waals surface area contributed by atoms with Gasteiger partial charge in [0.15, 0.2) is 22.2 Å². The van der Waals surface area contributed by atoms with Crippen LogP contribution in [0.5, 0.6) is 0 Å². The molecule has 12 N–H and O–H groups in total. The molecule has 8 aliphatic heterocycles. The number of thioether (sulfide) groups is 4. The number of rotatable bonds is 53. The van der Waals surface area contributed by atoms with Crippen LogP contribution in [0.2, 0.25) is 0 Å². The summed E-state index contributed by atoms with van der Waals surface area (Å²) in [6.45, 7) is 0.208. The van der Waals surface area contributed by atoms with Crippen LogP contribution in [0.1, 0.15) is 188 Å². The van der Waals surface area contributed by atoms with E-state index >= 15 is 0 Å². The zero-order chi connectivity index (χ0) is 78.3. The first-order valence-electron chi connectivity index (χ1n) is 39.0. The average molecular weight is 1740 g/mol. The number of aromatic nitrogens is 12. The topological polar surface area (TPSA) is 454 Å². The highest BCUT2D eigenvalue weighted by Gasteiger charge is 2.46. The molecule has 0 aliphatic carbocycles. The smallest absolute Gasteiger partial charge is 0.315 e. The molecule has 6 unspecified atom stereocenters. The van der Waals surface area contributed by atoms with E-state index < -0.39 is 46.3 Å². The van der Waals surface area contributed by atoms with E-state index in [2.05, 4.69) is 94.4 Å². The Kier molecular flexibility index (Phi) is 33.9. The summed E-state index contributed by atoms with van der Waals surface area (Å²) in [7, 11) is 6.28. The summed E-state index contributed by atoms with van der Waals surface area (Å²) < 4.78 is 53.4. The number of hydrogen-bond acceptors (Lipinski definition) is 26. The third kappa shape index (κ3) is 25.7. The molecule has 10 amide bonds. The van der Waals surface area contributed by atoms with Gasteiger partial charge in [-0.15, -0.1) is 20.4 Å². The molecule has 8 saturated heterocycles. The Morgan fingerprint density at radius 3 is 1.04 bits per heavy atom. The van der Waals surface area contributed by atoms with E-state index in [0.29, 0.717) is 118 Å². The predicted molar refractivity (Wildman–Crippen MR) is 442 cm³/mol. The summed E-state index contributed by atoms with van der Waals surface area (Å²) in [5.74, 6) is 5.16. The van der Waals surface area contributed by atoms with Gasteiger partial charge in [0.25, 0.3) is 0 Å². The summed E-state index contributed by atoms with van der Waals surface area (Å²) in [5.41, 5.74) is 2.10. The van der Waals surface area contributed by atoms with Crippen molar-refractivity contribution in [3.8, 4) is 0 Å². The number of amides is 10. The standard InChI is InChI=1S/C68H104N22O12S10/c91-45(13-5-1-7-15-55-61-47(33-103-55)71-65(95)75-61)23-21-41-29-87(83-79-41)51(54(40-112(101)102)90-32-44(82-86-90)28-70-60(94)20-12-4-10-18-58-64-50(36-106-58)74-68(98)78-64)37-109-107-25-26-108-110-38-52(88-31-43(81-85-88)27-69-59(93)19-11-3-9-17-57-63-49(35-105-57)73-67(97)77-63)53(39-111(99)100)89-30-42(80-84-89)22-24-46(92)14-6-2-8-16-56-62-48(34-104-56)72-66(96)76-62/h29-32,47-58,61-64H,1-28,33-40H2,(H,69,93)(H,70,94)(H,99,100)(H,101,102)(H2,71,75,95)(H2,72,76,96)(H2,73,77,97)(H2,74,78,98)/t47-,48-,49-,50-,51?,52?,53?,54?,55-,56-,57-,58-,61-,62-,63-,64-/m0/s1. The number of fused-ring (bicyclic) bond motifs is 4. The van der Waals surface area contributed by atoms with E-state index in [1.54, 1.807) is 86.7 Å². The first-order valence-corrected chi connectivity index (χ1v) is 50.7. The molecule has 4 aromatic heterocycles. The molecule has 0 bridgehead atoms. The van der Waals surface area contributed by atoms with Crippen LogP contribution < -0.4 is 53.2 Å². The minimum absolute atomic E-state index is 0.0946. The van der Waals surface area contributed by atoms with E-state index in [1.165, 1.54) is 0 Å². The fraction of sp³-hybridized carbons (Fsp3) is 0.765. The Hall–Kier alpha value is -5.06. The molecule has 0 radical (unpaired) electrons. The third-order valence-electron chi connectivity index (χ3n) is 21.7. The van der Waals surface area contributed by atoms with Gasteiger partial charge in [0, 0.05) is 118 Å². The lowest BCUT2D eigenvalue weighted by Crippen LogP contribution is -2.36. The molecule has 18 atom stereocenters. The Morgan fingerprint density at radius 1 is 0.411 bits per heavy atom. The summed E-state index contributed by atoms with van der Waals surface area (Å²) >= 11 is 2.91. The van der Waals surface area contributed by atoms with Crippen LogP contribution in [-0.2, 0) is 67.3 Å². The van der Waals surface area contributed by atoms with Crippen molar-refractivity contribution in [2.75, 3.05) is 57.5 Å². The van der Waals surface area contributed by atoms with Crippen molar-refractivity contribution in [1.82, 2.24) is 113 Å². The van der Waals surface area contributed by atoms with E-state index in [0.717, 1.165) is 113 Å². The van der Waals surface area contributed by atoms with Gasteiger partial charge in [-0.25, -0.2) is 46.3 Å². The van der Waals surface area contributed by atoms with E-state index in [1.807, 2.05) is 47.0 Å². The van der Waals surface area contributed by atoms with E-state index in [-0.39, 0.29) is 133 Å². The van der Waals surface area contributed by atoms with E-state index in [9.17, 15) is 55.9 Å². The molecular formula is C68H104N22O12S10. The van der Waals surface area contributed by atoms with Crippen molar-refractivity contribution >= 4 is 160 Å². The molecule has 44 heteroatoms.